The second-order valence-corrected chi connectivity index (χ2v) is 3.72. The van der Waals surface area contributed by atoms with E-state index in [1.165, 1.54) is 6.92 Å². The second kappa shape index (κ2) is 2.90. The van der Waals surface area contributed by atoms with Crippen LogP contribution in [0.25, 0.3) is 0 Å². The number of rotatable bonds is 1. The molecule has 6 nitrogen and oxygen atoms in total. The lowest BCUT2D eigenvalue weighted by Crippen LogP contribution is -2.65. The van der Waals surface area contributed by atoms with Gasteiger partial charge in [0.05, 0.1) is 13.2 Å². The SMILES string of the molecule is CC(=O)O[C@H]1CO[C@@]2(N)OCC[C@@]12N. The summed E-state index contributed by atoms with van der Waals surface area (Å²) in [7, 11) is 0. The van der Waals surface area contributed by atoms with Crippen LogP contribution in [0.15, 0.2) is 0 Å². The van der Waals surface area contributed by atoms with Crippen molar-refractivity contribution in [3.05, 3.63) is 0 Å². The van der Waals surface area contributed by atoms with Gasteiger partial charge in [0.25, 0.3) is 0 Å². The molecule has 0 bridgehead atoms. The number of fused-ring (bicyclic) bond motifs is 1. The molecule has 2 heterocycles. The summed E-state index contributed by atoms with van der Waals surface area (Å²) in [5.74, 6) is -1.69. The Bertz CT molecular complexity index is 272. The van der Waals surface area contributed by atoms with Crippen molar-refractivity contribution in [2.24, 2.45) is 11.5 Å². The highest BCUT2D eigenvalue weighted by Crippen LogP contribution is 2.40. The molecule has 0 aromatic carbocycles. The van der Waals surface area contributed by atoms with Crippen molar-refractivity contribution in [3.63, 3.8) is 0 Å². The van der Waals surface area contributed by atoms with Crippen molar-refractivity contribution < 1.29 is 19.0 Å². The predicted octanol–water partition coefficient (Wildman–Crippen LogP) is -1.32. The fourth-order valence-corrected chi connectivity index (χ4v) is 1.93. The van der Waals surface area contributed by atoms with E-state index in [1.54, 1.807) is 0 Å². The first kappa shape index (κ1) is 9.85. The summed E-state index contributed by atoms with van der Waals surface area (Å²) >= 11 is 0. The van der Waals surface area contributed by atoms with Gasteiger partial charge in [-0.05, 0) is 6.42 Å². The quantitative estimate of drug-likeness (QED) is 0.512. The van der Waals surface area contributed by atoms with Gasteiger partial charge in [-0.15, -0.1) is 0 Å². The number of hydrogen-bond donors (Lipinski definition) is 2. The van der Waals surface area contributed by atoms with Gasteiger partial charge in [-0.3, -0.25) is 10.5 Å². The fourth-order valence-electron chi connectivity index (χ4n) is 1.93. The molecule has 0 amide bonds. The Labute approximate surface area is 81.5 Å². The highest BCUT2D eigenvalue weighted by molar-refractivity contribution is 5.66. The van der Waals surface area contributed by atoms with Gasteiger partial charge in [0.1, 0.15) is 11.6 Å². The minimum atomic E-state index is -1.30. The summed E-state index contributed by atoms with van der Waals surface area (Å²) in [6, 6.07) is 0. The third-order valence-corrected chi connectivity index (χ3v) is 2.81. The molecule has 0 spiro atoms. The van der Waals surface area contributed by atoms with Crippen LogP contribution in [0.3, 0.4) is 0 Å². The van der Waals surface area contributed by atoms with E-state index in [0.29, 0.717) is 13.0 Å². The molecular weight excluding hydrogens is 188 g/mol. The molecule has 2 aliphatic heterocycles. The maximum absolute atomic E-state index is 10.8. The molecule has 0 saturated carbocycles. The summed E-state index contributed by atoms with van der Waals surface area (Å²) in [6.07, 6.45) is 0.00838. The van der Waals surface area contributed by atoms with Crippen LogP contribution >= 0.6 is 0 Å². The summed E-state index contributed by atoms with van der Waals surface area (Å²) in [6.45, 7) is 1.94. The molecule has 3 atom stereocenters. The largest absolute Gasteiger partial charge is 0.458 e. The first-order valence-electron chi connectivity index (χ1n) is 4.51. The Morgan fingerprint density at radius 3 is 2.86 bits per heavy atom. The van der Waals surface area contributed by atoms with E-state index < -0.39 is 17.6 Å². The van der Waals surface area contributed by atoms with E-state index in [2.05, 4.69) is 0 Å². The van der Waals surface area contributed by atoms with Gasteiger partial charge in [-0.2, -0.15) is 0 Å². The monoisotopic (exact) mass is 202 g/mol. The Hall–Kier alpha value is -0.690. The molecule has 0 aromatic rings. The van der Waals surface area contributed by atoms with Gasteiger partial charge in [-0.25, -0.2) is 0 Å². The third-order valence-electron chi connectivity index (χ3n) is 2.81. The normalized spacial score (nSPS) is 46.4. The van der Waals surface area contributed by atoms with E-state index in [-0.39, 0.29) is 12.6 Å². The van der Waals surface area contributed by atoms with Gasteiger partial charge in [-0.1, -0.05) is 0 Å². The molecule has 4 N–H and O–H groups in total. The molecule has 0 unspecified atom stereocenters. The van der Waals surface area contributed by atoms with Crippen molar-refractivity contribution in [1.82, 2.24) is 0 Å². The van der Waals surface area contributed by atoms with E-state index in [0.717, 1.165) is 0 Å². The van der Waals surface area contributed by atoms with Gasteiger partial charge in [0.2, 0.25) is 5.91 Å². The topological polar surface area (TPSA) is 96.8 Å². The molecule has 0 aromatic heterocycles. The lowest BCUT2D eigenvalue weighted by atomic mass is 9.91. The third kappa shape index (κ3) is 1.15. The van der Waals surface area contributed by atoms with Crippen LogP contribution in [0.5, 0.6) is 0 Å². The van der Waals surface area contributed by atoms with Crippen molar-refractivity contribution in [3.8, 4) is 0 Å². The zero-order valence-electron chi connectivity index (χ0n) is 7.99. The molecule has 6 heteroatoms. The van der Waals surface area contributed by atoms with Crippen molar-refractivity contribution in [2.75, 3.05) is 13.2 Å². The molecular formula is C8H14N2O4. The first-order chi connectivity index (χ1) is 6.48. The fraction of sp³-hybridized carbons (Fsp3) is 0.875. The minimum absolute atomic E-state index is 0.187. The van der Waals surface area contributed by atoms with Crippen LogP contribution in [-0.4, -0.2) is 36.7 Å². The zero-order valence-corrected chi connectivity index (χ0v) is 7.99. The summed E-state index contributed by atoms with van der Waals surface area (Å²) in [5.41, 5.74) is 10.9. The van der Waals surface area contributed by atoms with Crippen LogP contribution in [0, 0.1) is 0 Å². The first-order valence-corrected chi connectivity index (χ1v) is 4.51. The molecule has 2 rings (SSSR count). The second-order valence-electron chi connectivity index (χ2n) is 3.72. The van der Waals surface area contributed by atoms with Crippen molar-refractivity contribution in [2.45, 2.75) is 30.9 Å². The molecule has 0 aliphatic carbocycles. The zero-order chi connectivity index (χ0) is 10.4. The summed E-state index contributed by atoms with van der Waals surface area (Å²) in [4.78, 5) is 10.8. The van der Waals surface area contributed by atoms with Crippen molar-refractivity contribution in [1.29, 1.82) is 0 Å². The Kier molecular flexibility index (Phi) is 2.04. The molecule has 80 valence electrons. The van der Waals surface area contributed by atoms with Crippen LogP contribution in [-0.2, 0) is 19.0 Å². The van der Waals surface area contributed by atoms with Gasteiger partial charge >= 0.3 is 5.97 Å². The number of carbonyl (C=O) groups excluding carboxylic acids is 1. The van der Waals surface area contributed by atoms with E-state index >= 15 is 0 Å². The molecule has 14 heavy (non-hydrogen) atoms. The lowest BCUT2D eigenvalue weighted by Gasteiger charge is -2.32. The number of hydrogen-bond acceptors (Lipinski definition) is 6. The Morgan fingerprint density at radius 2 is 2.21 bits per heavy atom. The molecule has 0 radical (unpaired) electrons. The Balaban J connectivity index is 2.19. The molecule has 2 aliphatic rings. The average molecular weight is 202 g/mol. The standard InChI is InChI=1S/C8H14N2O4/c1-5(11)14-6-4-13-8(10)7(6,9)2-3-12-8/h6H,2-4,9-10H2,1H3/t6-,7+,8-/m0/s1. The lowest BCUT2D eigenvalue weighted by molar-refractivity contribution is -0.196. The average Bonchev–Trinajstić information content (AvgIpc) is 2.47. The predicted molar refractivity (Wildman–Crippen MR) is 45.9 cm³/mol. The van der Waals surface area contributed by atoms with Crippen LogP contribution in [0.1, 0.15) is 13.3 Å². The number of nitrogens with two attached hydrogens (primary N) is 2. The maximum atomic E-state index is 10.8. The minimum Gasteiger partial charge on any atom is -0.458 e. The van der Waals surface area contributed by atoms with Gasteiger partial charge in [0.15, 0.2) is 0 Å². The highest BCUT2D eigenvalue weighted by atomic mass is 16.7. The number of carbonyl (C=O) groups is 1. The van der Waals surface area contributed by atoms with Crippen LogP contribution in [0.2, 0.25) is 0 Å². The number of ether oxygens (including phenoxy) is 3. The smallest absolute Gasteiger partial charge is 0.303 e. The summed E-state index contributed by atoms with van der Waals surface area (Å²) < 4.78 is 15.5. The highest BCUT2D eigenvalue weighted by Gasteiger charge is 2.64. The van der Waals surface area contributed by atoms with Crippen LogP contribution in [0.4, 0.5) is 0 Å². The maximum Gasteiger partial charge on any atom is 0.303 e. The summed E-state index contributed by atoms with van der Waals surface area (Å²) in [5, 5.41) is 0. The van der Waals surface area contributed by atoms with Crippen LogP contribution < -0.4 is 11.5 Å². The van der Waals surface area contributed by atoms with E-state index in [1.807, 2.05) is 0 Å². The number of esters is 1. The van der Waals surface area contributed by atoms with E-state index in [9.17, 15) is 4.79 Å². The van der Waals surface area contributed by atoms with E-state index in [4.69, 9.17) is 25.7 Å². The van der Waals surface area contributed by atoms with Gasteiger partial charge < -0.3 is 19.9 Å². The molecule has 2 fully saturated rings. The van der Waals surface area contributed by atoms with Gasteiger partial charge in [0, 0.05) is 6.92 Å². The van der Waals surface area contributed by atoms with Crippen molar-refractivity contribution >= 4 is 5.97 Å². The molecule has 2 saturated heterocycles. The Morgan fingerprint density at radius 1 is 1.50 bits per heavy atom.